The molecule has 0 amide bonds. The summed E-state index contributed by atoms with van der Waals surface area (Å²) >= 11 is 0. The van der Waals surface area contributed by atoms with Gasteiger partial charge in [-0.15, -0.1) is 0 Å². The van der Waals surface area contributed by atoms with E-state index in [0.717, 1.165) is 5.56 Å². The van der Waals surface area contributed by atoms with Crippen LogP contribution in [0.15, 0.2) is 53.5 Å². The van der Waals surface area contributed by atoms with Gasteiger partial charge in [-0.3, -0.25) is 0 Å². The van der Waals surface area contributed by atoms with E-state index in [1.54, 1.807) is 30.4 Å². The number of benzene rings is 1. The maximum atomic E-state index is 12.5. The second kappa shape index (κ2) is 5.84. The van der Waals surface area contributed by atoms with Gasteiger partial charge >= 0.3 is 0 Å². The third-order valence-corrected chi connectivity index (χ3v) is 5.43. The van der Waals surface area contributed by atoms with E-state index < -0.39 is 27.1 Å². The fourth-order valence-electron chi connectivity index (χ4n) is 2.34. The molecule has 0 heterocycles. The summed E-state index contributed by atoms with van der Waals surface area (Å²) in [5, 5.41) is 19.5. The molecule has 0 aromatic heterocycles. The maximum absolute atomic E-state index is 12.5. The number of nitriles is 1. The van der Waals surface area contributed by atoms with Crippen LogP contribution in [-0.4, -0.2) is 24.9 Å². The maximum Gasteiger partial charge on any atom is 0.181 e. The molecule has 2 unspecified atom stereocenters. The third kappa shape index (κ3) is 3.41. The van der Waals surface area contributed by atoms with Crippen molar-refractivity contribution in [2.45, 2.75) is 23.8 Å². The molecule has 21 heavy (non-hydrogen) atoms. The lowest BCUT2D eigenvalue weighted by Crippen LogP contribution is -2.42. The third-order valence-electron chi connectivity index (χ3n) is 3.59. The Hall–Kier alpha value is -1.90. The summed E-state index contributed by atoms with van der Waals surface area (Å²) in [5.41, 5.74) is -0.579. The van der Waals surface area contributed by atoms with Gasteiger partial charge < -0.3 is 5.11 Å². The molecule has 0 fully saturated rings. The van der Waals surface area contributed by atoms with Crippen molar-refractivity contribution in [2.75, 3.05) is 5.75 Å². The monoisotopic (exact) mass is 303 g/mol. The van der Waals surface area contributed by atoms with E-state index in [4.69, 9.17) is 5.26 Å². The summed E-state index contributed by atoms with van der Waals surface area (Å²) in [6, 6.07) is 8.51. The number of hydrogen-bond donors (Lipinski definition) is 1. The van der Waals surface area contributed by atoms with Crippen molar-refractivity contribution in [3.05, 3.63) is 54.1 Å². The highest BCUT2D eigenvalue weighted by atomic mass is 32.2. The number of sulfone groups is 1. The largest absolute Gasteiger partial charge is 0.384 e. The number of nitrogens with zero attached hydrogens (tertiary/aromatic N) is 1. The van der Waals surface area contributed by atoms with E-state index >= 15 is 0 Å². The van der Waals surface area contributed by atoms with Crippen molar-refractivity contribution in [3.63, 3.8) is 0 Å². The van der Waals surface area contributed by atoms with Crippen LogP contribution < -0.4 is 0 Å². The summed E-state index contributed by atoms with van der Waals surface area (Å²) in [4.78, 5) is 0.181. The van der Waals surface area contributed by atoms with Crippen LogP contribution >= 0.6 is 0 Å². The average Bonchev–Trinajstić information content (AvgIpc) is 2.41. The van der Waals surface area contributed by atoms with Crippen LogP contribution in [-0.2, 0) is 9.84 Å². The lowest BCUT2D eigenvalue weighted by atomic mass is 9.83. The number of aliphatic hydroxyl groups is 1. The second-order valence-electron chi connectivity index (χ2n) is 5.28. The Kier molecular flexibility index (Phi) is 4.31. The van der Waals surface area contributed by atoms with E-state index in [2.05, 4.69) is 0 Å². The smallest absolute Gasteiger partial charge is 0.181 e. The Balaban J connectivity index is 2.30. The van der Waals surface area contributed by atoms with Crippen molar-refractivity contribution >= 4 is 9.84 Å². The Morgan fingerprint density at radius 3 is 2.57 bits per heavy atom. The molecule has 0 spiro atoms. The Morgan fingerprint density at radius 2 is 1.95 bits per heavy atom. The van der Waals surface area contributed by atoms with Gasteiger partial charge in [0, 0.05) is 12.3 Å². The lowest BCUT2D eigenvalue weighted by molar-refractivity contribution is 0.0704. The predicted octanol–water partition coefficient (Wildman–Crippen LogP) is 2.16. The molecule has 0 saturated carbocycles. The normalized spacial score (nSPS) is 24.7. The van der Waals surface area contributed by atoms with Gasteiger partial charge in [-0.25, -0.2) is 8.42 Å². The average molecular weight is 303 g/mol. The van der Waals surface area contributed by atoms with Gasteiger partial charge in [0.25, 0.3) is 0 Å². The molecule has 0 saturated heterocycles. The molecule has 1 aliphatic rings. The molecule has 1 aromatic carbocycles. The summed E-state index contributed by atoms with van der Waals surface area (Å²) in [5.74, 6) is -0.955. The highest BCUT2D eigenvalue weighted by Crippen LogP contribution is 2.30. The first-order chi connectivity index (χ1) is 9.87. The van der Waals surface area contributed by atoms with Crippen LogP contribution in [0.5, 0.6) is 0 Å². The van der Waals surface area contributed by atoms with E-state index in [-0.39, 0.29) is 11.3 Å². The van der Waals surface area contributed by atoms with E-state index in [1.807, 2.05) is 13.0 Å². The van der Waals surface area contributed by atoms with Gasteiger partial charge in [0.1, 0.15) is 5.60 Å². The molecule has 1 N–H and O–H groups in total. The van der Waals surface area contributed by atoms with Gasteiger partial charge in [0.05, 0.1) is 16.7 Å². The fourth-order valence-corrected chi connectivity index (χ4v) is 3.98. The molecular formula is C16H17NO3S. The minimum Gasteiger partial charge on any atom is -0.384 e. The zero-order valence-electron chi connectivity index (χ0n) is 11.7. The van der Waals surface area contributed by atoms with Gasteiger partial charge in [-0.1, -0.05) is 42.0 Å². The fraction of sp³-hybridized carbons (Fsp3) is 0.312. The highest BCUT2D eigenvalue weighted by molar-refractivity contribution is 7.91. The SMILES string of the molecule is Cc1ccc(S(=O)(=O)CC2(O)C=CC=CC2CC#N)cc1. The van der Waals surface area contributed by atoms with Crippen LogP contribution in [0, 0.1) is 24.2 Å². The van der Waals surface area contributed by atoms with E-state index in [0.29, 0.717) is 0 Å². The summed E-state index contributed by atoms with van der Waals surface area (Å²) < 4.78 is 24.9. The first-order valence-corrected chi connectivity index (χ1v) is 8.27. The molecule has 2 rings (SSSR count). The number of hydrogen-bond acceptors (Lipinski definition) is 4. The molecule has 4 nitrogen and oxygen atoms in total. The molecule has 110 valence electrons. The predicted molar refractivity (Wildman–Crippen MR) is 80.2 cm³/mol. The van der Waals surface area contributed by atoms with Gasteiger partial charge in [0.15, 0.2) is 9.84 Å². The van der Waals surface area contributed by atoms with Crippen LogP contribution in [0.3, 0.4) is 0 Å². The van der Waals surface area contributed by atoms with Crippen molar-refractivity contribution in [1.82, 2.24) is 0 Å². The zero-order chi connectivity index (χ0) is 15.5. The molecule has 0 radical (unpaired) electrons. The number of allylic oxidation sites excluding steroid dienone is 2. The number of rotatable bonds is 4. The molecule has 1 aliphatic carbocycles. The van der Waals surface area contributed by atoms with Crippen LogP contribution in [0.4, 0.5) is 0 Å². The molecular weight excluding hydrogens is 286 g/mol. The highest BCUT2D eigenvalue weighted by Gasteiger charge is 2.38. The van der Waals surface area contributed by atoms with E-state index in [9.17, 15) is 13.5 Å². The van der Waals surface area contributed by atoms with Crippen molar-refractivity contribution in [1.29, 1.82) is 5.26 Å². The standard InChI is InChI=1S/C16H17NO3S/c1-13-5-7-15(8-6-13)21(19,20)12-16(18)10-3-2-4-14(16)9-11-17/h2-8,10,14,18H,9,12H2,1H3. The topological polar surface area (TPSA) is 78.2 Å². The minimum atomic E-state index is -3.63. The number of aryl methyl sites for hydroxylation is 1. The van der Waals surface area contributed by atoms with Gasteiger partial charge in [0.2, 0.25) is 0 Å². The Morgan fingerprint density at radius 1 is 1.29 bits per heavy atom. The van der Waals surface area contributed by atoms with Crippen molar-refractivity contribution in [2.24, 2.45) is 5.92 Å². The quantitative estimate of drug-likeness (QED) is 0.924. The van der Waals surface area contributed by atoms with Crippen molar-refractivity contribution < 1.29 is 13.5 Å². The summed E-state index contributed by atoms with van der Waals surface area (Å²) in [7, 11) is -3.63. The first-order valence-electron chi connectivity index (χ1n) is 6.62. The Labute approximate surface area is 125 Å². The van der Waals surface area contributed by atoms with Crippen LogP contribution in [0.1, 0.15) is 12.0 Å². The second-order valence-corrected chi connectivity index (χ2v) is 7.27. The summed E-state index contributed by atoms with van der Waals surface area (Å²) in [6.07, 6.45) is 6.53. The summed E-state index contributed by atoms with van der Waals surface area (Å²) in [6.45, 7) is 1.88. The van der Waals surface area contributed by atoms with Crippen molar-refractivity contribution in [3.8, 4) is 6.07 Å². The zero-order valence-corrected chi connectivity index (χ0v) is 12.5. The molecule has 1 aromatic rings. The first kappa shape index (κ1) is 15.5. The Bertz CT molecular complexity index is 711. The molecule has 0 bridgehead atoms. The van der Waals surface area contributed by atoms with E-state index in [1.165, 1.54) is 18.2 Å². The molecule has 2 atom stereocenters. The minimum absolute atomic E-state index is 0.0702. The molecule has 0 aliphatic heterocycles. The van der Waals surface area contributed by atoms with Crippen LogP contribution in [0.2, 0.25) is 0 Å². The van der Waals surface area contributed by atoms with Gasteiger partial charge in [-0.2, -0.15) is 5.26 Å². The van der Waals surface area contributed by atoms with Gasteiger partial charge in [-0.05, 0) is 19.1 Å². The molecule has 5 heteroatoms. The lowest BCUT2D eigenvalue weighted by Gasteiger charge is -2.32. The van der Waals surface area contributed by atoms with Crippen LogP contribution in [0.25, 0.3) is 0 Å².